The van der Waals surface area contributed by atoms with Crippen LogP contribution in [0.15, 0.2) is 12.1 Å². The van der Waals surface area contributed by atoms with Crippen LogP contribution in [-0.4, -0.2) is 21.6 Å². The molecule has 0 spiro atoms. The van der Waals surface area contributed by atoms with Crippen molar-refractivity contribution in [1.29, 1.82) is 0 Å². The smallest absolute Gasteiger partial charge is 0.215 e. The number of H-pyrrole nitrogens is 1. The summed E-state index contributed by atoms with van der Waals surface area (Å²) in [5.74, 6) is 0.624. The van der Waals surface area contributed by atoms with Crippen molar-refractivity contribution in [3.05, 3.63) is 16.9 Å². The van der Waals surface area contributed by atoms with E-state index in [0.717, 1.165) is 28.9 Å². The van der Waals surface area contributed by atoms with Crippen LogP contribution >= 0.6 is 12.2 Å². The summed E-state index contributed by atoms with van der Waals surface area (Å²) >= 11 is 5.34. The van der Waals surface area contributed by atoms with E-state index in [1.807, 2.05) is 12.1 Å². The number of aromatic nitrogens is 3. The minimum atomic E-state index is 0.624. The quantitative estimate of drug-likeness (QED) is 0.640. The predicted octanol–water partition coefficient (Wildman–Crippen LogP) is 3.68. The van der Waals surface area contributed by atoms with Crippen molar-refractivity contribution in [1.82, 2.24) is 14.5 Å². The van der Waals surface area contributed by atoms with Crippen LogP contribution in [0.5, 0.6) is 5.88 Å². The first-order valence-corrected chi connectivity index (χ1v) is 6.80. The van der Waals surface area contributed by atoms with Crippen LogP contribution in [0.1, 0.15) is 32.6 Å². The third kappa shape index (κ3) is 2.72. The fourth-order valence-corrected chi connectivity index (χ4v) is 2.32. The van der Waals surface area contributed by atoms with Gasteiger partial charge in [0, 0.05) is 12.6 Å². The molecule has 0 saturated carbocycles. The Labute approximate surface area is 112 Å². The first-order chi connectivity index (χ1) is 8.76. The Kier molecular flexibility index (Phi) is 4.36. The maximum atomic E-state index is 5.34. The molecule has 0 bridgehead atoms. The lowest BCUT2D eigenvalue weighted by atomic mass is 10.2. The van der Waals surface area contributed by atoms with Crippen LogP contribution in [0.4, 0.5) is 0 Å². The van der Waals surface area contributed by atoms with Gasteiger partial charge in [-0.05, 0) is 24.7 Å². The second kappa shape index (κ2) is 6.00. The molecule has 0 aliphatic rings. The van der Waals surface area contributed by atoms with Crippen molar-refractivity contribution in [2.45, 2.75) is 39.2 Å². The first kappa shape index (κ1) is 13.1. The minimum Gasteiger partial charge on any atom is -0.481 e. The summed E-state index contributed by atoms with van der Waals surface area (Å²) in [6.45, 7) is 3.13. The van der Waals surface area contributed by atoms with Crippen LogP contribution < -0.4 is 4.74 Å². The number of aromatic amines is 1. The summed E-state index contributed by atoms with van der Waals surface area (Å²) in [4.78, 5) is 7.64. The highest BCUT2D eigenvalue weighted by atomic mass is 32.1. The van der Waals surface area contributed by atoms with Crippen LogP contribution in [-0.2, 0) is 6.54 Å². The number of hydrogen-bond donors (Lipinski definition) is 1. The van der Waals surface area contributed by atoms with Crippen molar-refractivity contribution >= 4 is 23.4 Å². The maximum absolute atomic E-state index is 5.34. The van der Waals surface area contributed by atoms with Crippen LogP contribution in [0, 0.1) is 4.77 Å². The fourth-order valence-electron chi connectivity index (χ4n) is 2.03. The average molecular weight is 265 g/mol. The highest BCUT2D eigenvalue weighted by molar-refractivity contribution is 7.71. The van der Waals surface area contributed by atoms with Gasteiger partial charge in [-0.25, -0.2) is 0 Å². The van der Waals surface area contributed by atoms with Gasteiger partial charge in [0.1, 0.15) is 0 Å². The summed E-state index contributed by atoms with van der Waals surface area (Å²) in [5.41, 5.74) is 1.85. The van der Waals surface area contributed by atoms with Crippen molar-refractivity contribution in [2.24, 2.45) is 0 Å². The Balaban J connectivity index is 2.24. The summed E-state index contributed by atoms with van der Waals surface area (Å²) in [6.07, 6.45) is 4.88. The molecular weight excluding hydrogens is 246 g/mol. The van der Waals surface area contributed by atoms with E-state index in [1.165, 1.54) is 19.3 Å². The fraction of sp³-hybridized carbons (Fsp3) is 0.538. The number of imidazole rings is 1. The Morgan fingerprint density at radius 3 is 2.89 bits per heavy atom. The lowest BCUT2D eigenvalue weighted by molar-refractivity contribution is 0.399. The van der Waals surface area contributed by atoms with Crippen molar-refractivity contribution < 1.29 is 4.74 Å². The number of ether oxygens (including phenoxy) is 1. The molecular formula is C13H19N3OS. The van der Waals surface area contributed by atoms with E-state index in [0.29, 0.717) is 5.88 Å². The molecule has 2 aromatic heterocycles. The van der Waals surface area contributed by atoms with Gasteiger partial charge in [0.25, 0.3) is 0 Å². The van der Waals surface area contributed by atoms with Gasteiger partial charge in [-0.2, -0.15) is 4.98 Å². The molecule has 0 amide bonds. The molecule has 0 radical (unpaired) electrons. The maximum Gasteiger partial charge on any atom is 0.215 e. The molecule has 0 saturated heterocycles. The van der Waals surface area contributed by atoms with E-state index in [2.05, 4.69) is 21.5 Å². The average Bonchev–Trinajstić information content (AvgIpc) is 2.70. The zero-order valence-electron chi connectivity index (χ0n) is 10.9. The molecule has 2 rings (SSSR count). The Morgan fingerprint density at radius 1 is 1.33 bits per heavy atom. The lowest BCUT2D eigenvalue weighted by Crippen LogP contribution is -2.00. The number of fused-ring (bicyclic) bond motifs is 1. The van der Waals surface area contributed by atoms with Gasteiger partial charge >= 0.3 is 0 Å². The number of pyridine rings is 1. The van der Waals surface area contributed by atoms with Crippen molar-refractivity contribution in [3.8, 4) is 5.88 Å². The first-order valence-electron chi connectivity index (χ1n) is 6.39. The van der Waals surface area contributed by atoms with Gasteiger partial charge in [-0.1, -0.05) is 26.2 Å². The largest absolute Gasteiger partial charge is 0.481 e. The molecule has 4 nitrogen and oxygen atoms in total. The number of rotatable bonds is 6. The number of nitrogens with zero attached hydrogens (tertiary/aromatic N) is 2. The van der Waals surface area contributed by atoms with Gasteiger partial charge in [0.2, 0.25) is 5.88 Å². The van der Waals surface area contributed by atoms with Crippen molar-refractivity contribution in [3.63, 3.8) is 0 Å². The predicted molar refractivity (Wildman–Crippen MR) is 75.6 cm³/mol. The van der Waals surface area contributed by atoms with E-state index in [4.69, 9.17) is 17.0 Å². The van der Waals surface area contributed by atoms with Crippen LogP contribution in [0.25, 0.3) is 11.2 Å². The van der Waals surface area contributed by atoms with Gasteiger partial charge in [-0.3, -0.25) is 0 Å². The number of hydrogen-bond acceptors (Lipinski definition) is 3. The second-order valence-electron chi connectivity index (χ2n) is 4.37. The second-order valence-corrected chi connectivity index (χ2v) is 4.75. The van der Waals surface area contributed by atoms with Gasteiger partial charge < -0.3 is 14.3 Å². The molecule has 18 heavy (non-hydrogen) atoms. The molecule has 0 atom stereocenters. The van der Waals surface area contributed by atoms with E-state index >= 15 is 0 Å². The third-order valence-corrected chi connectivity index (χ3v) is 3.36. The summed E-state index contributed by atoms with van der Waals surface area (Å²) in [7, 11) is 1.63. The third-order valence-electron chi connectivity index (χ3n) is 3.04. The highest BCUT2D eigenvalue weighted by Gasteiger charge is 2.06. The summed E-state index contributed by atoms with van der Waals surface area (Å²) < 4.78 is 7.95. The number of nitrogens with one attached hydrogen (secondary N) is 1. The Bertz CT molecular complexity index is 573. The molecule has 0 aliphatic heterocycles. The number of methoxy groups -OCH3 is 1. The monoisotopic (exact) mass is 265 g/mol. The van der Waals surface area contributed by atoms with E-state index in [1.54, 1.807) is 7.11 Å². The normalized spacial score (nSPS) is 11.0. The molecule has 0 unspecified atom stereocenters. The zero-order valence-corrected chi connectivity index (χ0v) is 11.7. The van der Waals surface area contributed by atoms with Crippen LogP contribution in [0.2, 0.25) is 0 Å². The SMILES string of the molecule is CCCCCCn1c(=S)[nH]c2ccc(OC)nc21. The van der Waals surface area contributed by atoms with Gasteiger partial charge in [-0.15, -0.1) is 0 Å². The van der Waals surface area contributed by atoms with Gasteiger partial charge in [0.05, 0.1) is 12.6 Å². The van der Waals surface area contributed by atoms with Crippen LogP contribution in [0.3, 0.4) is 0 Å². The highest BCUT2D eigenvalue weighted by Crippen LogP contribution is 2.17. The Morgan fingerprint density at radius 2 is 2.17 bits per heavy atom. The van der Waals surface area contributed by atoms with Gasteiger partial charge in [0.15, 0.2) is 10.4 Å². The molecule has 2 heterocycles. The molecule has 0 aliphatic carbocycles. The minimum absolute atomic E-state index is 0.624. The van der Waals surface area contributed by atoms with E-state index < -0.39 is 0 Å². The lowest BCUT2D eigenvalue weighted by Gasteiger charge is -2.04. The topological polar surface area (TPSA) is 42.8 Å². The molecule has 5 heteroatoms. The Hall–Kier alpha value is -1.36. The molecule has 1 N–H and O–H groups in total. The van der Waals surface area contributed by atoms with E-state index in [-0.39, 0.29) is 0 Å². The molecule has 0 aromatic carbocycles. The standard InChI is InChI=1S/C13H19N3OS/c1-3-4-5-6-9-16-12-10(14-13(16)18)7-8-11(15-12)17-2/h7-8H,3-6,9H2,1-2H3,(H,14,18). The van der Waals surface area contributed by atoms with Crippen molar-refractivity contribution in [2.75, 3.05) is 7.11 Å². The number of aryl methyl sites for hydroxylation is 1. The summed E-state index contributed by atoms with van der Waals surface area (Å²) in [5, 5.41) is 0. The number of unbranched alkanes of at least 4 members (excludes halogenated alkanes) is 3. The molecule has 0 fully saturated rings. The summed E-state index contributed by atoms with van der Waals surface area (Å²) in [6, 6.07) is 3.80. The zero-order chi connectivity index (χ0) is 13.0. The molecule has 2 aromatic rings. The molecule has 98 valence electrons. The van der Waals surface area contributed by atoms with E-state index in [9.17, 15) is 0 Å².